The summed E-state index contributed by atoms with van der Waals surface area (Å²) >= 11 is 6.40. The van der Waals surface area contributed by atoms with Crippen LogP contribution in [0.25, 0.3) is 0 Å². The Morgan fingerprint density at radius 1 is 1.16 bits per heavy atom. The third-order valence-electron chi connectivity index (χ3n) is 7.56. The Labute approximate surface area is 200 Å². The van der Waals surface area contributed by atoms with Gasteiger partial charge in [-0.15, -0.1) is 11.8 Å². The molecule has 7 unspecified atom stereocenters. The Bertz CT molecular complexity index is 1210. The van der Waals surface area contributed by atoms with Crippen LogP contribution >= 0.6 is 39.0 Å². The number of halogens is 1. The minimum Gasteiger partial charge on any atom is -0.468 e. The lowest BCUT2D eigenvalue weighted by molar-refractivity contribution is -0.151. The van der Waals surface area contributed by atoms with Crippen molar-refractivity contribution in [3.63, 3.8) is 0 Å². The van der Waals surface area contributed by atoms with E-state index in [9.17, 15) is 19.2 Å². The fraction of sp³-hybridized carbons (Fsp3) is 0.455. The Morgan fingerprint density at radius 3 is 2.53 bits per heavy atom. The molecule has 32 heavy (non-hydrogen) atoms. The van der Waals surface area contributed by atoms with Crippen molar-refractivity contribution in [3.05, 3.63) is 48.8 Å². The first-order valence-corrected chi connectivity index (χ1v) is 12.9. The fourth-order valence-electron chi connectivity index (χ4n) is 6.47. The molecule has 7 atom stereocenters. The van der Waals surface area contributed by atoms with Crippen molar-refractivity contribution >= 4 is 56.8 Å². The number of amides is 2. The van der Waals surface area contributed by atoms with Gasteiger partial charge >= 0.3 is 10.8 Å². The number of nitrogens with one attached hydrogen (secondary N) is 1. The number of nitrogens with zero attached hydrogens (tertiary/aromatic N) is 1. The van der Waals surface area contributed by atoms with Crippen LogP contribution in [0, 0.1) is 29.6 Å². The predicted molar refractivity (Wildman–Crippen MR) is 121 cm³/mol. The number of aromatic amines is 1. The van der Waals surface area contributed by atoms with Crippen LogP contribution in [-0.4, -0.2) is 46.6 Å². The Morgan fingerprint density at radius 2 is 1.84 bits per heavy atom. The van der Waals surface area contributed by atoms with Crippen LogP contribution in [-0.2, 0) is 19.1 Å². The average Bonchev–Trinajstić information content (AvgIpc) is 3.50. The molecule has 2 aromatic rings. The Hall–Kier alpha value is -1.91. The maximum atomic E-state index is 13.3. The maximum Gasteiger partial charge on any atom is 0.325 e. The molecule has 2 amide bonds. The smallest absolute Gasteiger partial charge is 0.325 e. The maximum absolute atomic E-state index is 13.3. The second kappa shape index (κ2) is 7.30. The van der Waals surface area contributed by atoms with Crippen LogP contribution < -0.4 is 4.87 Å². The third-order valence-corrected chi connectivity index (χ3v) is 10.7. The van der Waals surface area contributed by atoms with Gasteiger partial charge in [-0.05, 0) is 41.9 Å². The van der Waals surface area contributed by atoms with Gasteiger partial charge in [-0.2, -0.15) is 0 Å². The zero-order valence-electron chi connectivity index (χ0n) is 16.9. The third kappa shape index (κ3) is 2.78. The van der Waals surface area contributed by atoms with E-state index >= 15 is 0 Å². The van der Waals surface area contributed by atoms with Gasteiger partial charge in [0.15, 0.2) is 0 Å². The van der Waals surface area contributed by atoms with E-state index in [2.05, 4.69) is 33.0 Å². The van der Waals surface area contributed by atoms with Crippen LogP contribution in [0.15, 0.2) is 38.6 Å². The van der Waals surface area contributed by atoms with E-state index in [0.717, 1.165) is 31.3 Å². The van der Waals surface area contributed by atoms with Gasteiger partial charge in [0, 0.05) is 20.5 Å². The number of likely N-dealkylation sites (tertiary alicyclic amines) is 1. The van der Waals surface area contributed by atoms with E-state index in [1.54, 1.807) is 11.8 Å². The molecule has 3 heterocycles. The summed E-state index contributed by atoms with van der Waals surface area (Å²) < 4.78 is 5.68. The first-order chi connectivity index (χ1) is 15.4. The summed E-state index contributed by atoms with van der Waals surface area (Å²) in [6, 6.07) is 8.15. The Kier molecular flexibility index (Phi) is 4.71. The van der Waals surface area contributed by atoms with Gasteiger partial charge in [-0.25, -0.2) is 0 Å². The number of hydrogen-bond donors (Lipinski definition) is 1. The first-order valence-electron chi connectivity index (χ1n) is 10.5. The van der Waals surface area contributed by atoms with Crippen molar-refractivity contribution in [2.24, 2.45) is 29.6 Å². The molecule has 2 saturated carbocycles. The predicted octanol–water partition coefficient (Wildman–Crippen LogP) is 2.85. The van der Waals surface area contributed by atoms with E-state index in [1.807, 2.05) is 12.1 Å². The van der Waals surface area contributed by atoms with Crippen molar-refractivity contribution in [3.8, 4) is 0 Å². The summed E-state index contributed by atoms with van der Waals surface area (Å²) in [7, 11) is 1.26. The fourth-order valence-corrected chi connectivity index (χ4v) is 9.62. The van der Waals surface area contributed by atoms with E-state index in [0.29, 0.717) is 0 Å². The molecular weight excluding hydrogens is 516 g/mol. The topological polar surface area (TPSA) is 96.5 Å². The van der Waals surface area contributed by atoms with Crippen molar-refractivity contribution in [1.82, 2.24) is 9.88 Å². The van der Waals surface area contributed by atoms with E-state index in [4.69, 9.17) is 4.74 Å². The number of ether oxygens (including phenoxy) is 1. The number of thioether (sulfide) groups is 1. The molecule has 4 aliphatic rings. The molecule has 2 aliphatic heterocycles. The molecular formula is C22H19BrN2O5S2. The molecule has 2 bridgehead atoms. The van der Waals surface area contributed by atoms with E-state index in [-0.39, 0.29) is 58.1 Å². The summed E-state index contributed by atoms with van der Waals surface area (Å²) in [6.45, 7) is -0.320. The number of hydrogen-bond acceptors (Lipinski definition) is 7. The second-order valence-electron chi connectivity index (χ2n) is 8.85. The minimum atomic E-state index is -0.585. The zero-order chi connectivity index (χ0) is 22.3. The lowest BCUT2D eigenvalue weighted by Gasteiger charge is -2.43. The van der Waals surface area contributed by atoms with Crippen molar-refractivity contribution in [1.29, 1.82) is 0 Å². The number of aromatic nitrogens is 1. The number of benzene rings is 1. The average molecular weight is 535 g/mol. The zero-order valence-corrected chi connectivity index (χ0v) is 20.2. The highest BCUT2D eigenvalue weighted by molar-refractivity contribution is 9.10. The standard InChI is InChI=1S/C22H19BrN2O5S2/c1-30-12(26)7-25-20(27)15-10-6-11(16(15)21(25)28)17-14(10)13(8-2-4-9(23)5-3-8)18-19(31-17)24-22(29)32-18/h2-5,10-11,13-17H,6-7H2,1H3,(H,24,29). The Balaban J connectivity index is 1.42. The van der Waals surface area contributed by atoms with E-state index in [1.165, 1.54) is 18.4 Å². The first kappa shape index (κ1) is 20.7. The molecule has 1 aromatic carbocycles. The van der Waals surface area contributed by atoms with Gasteiger partial charge in [-0.1, -0.05) is 39.4 Å². The quantitative estimate of drug-likeness (QED) is 0.480. The highest BCUT2D eigenvalue weighted by Gasteiger charge is 2.69. The second-order valence-corrected chi connectivity index (χ2v) is 12.0. The van der Waals surface area contributed by atoms with Gasteiger partial charge in [0.25, 0.3) is 0 Å². The summed E-state index contributed by atoms with van der Waals surface area (Å²) in [5, 5.41) is 1.03. The molecule has 6 rings (SSSR count). The van der Waals surface area contributed by atoms with Gasteiger partial charge in [0.2, 0.25) is 11.8 Å². The van der Waals surface area contributed by atoms with Crippen LogP contribution in [0.2, 0.25) is 0 Å². The van der Waals surface area contributed by atoms with Crippen LogP contribution in [0.1, 0.15) is 22.8 Å². The number of carbonyl (C=O) groups excluding carboxylic acids is 3. The number of imide groups is 1. The molecule has 10 heteroatoms. The van der Waals surface area contributed by atoms with Crippen molar-refractivity contribution in [2.75, 3.05) is 13.7 Å². The van der Waals surface area contributed by atoms with Crippen LogP contribution in [0.4, 0.5) is 0 Å². The summed E-state index contributed by atoms with van der Waals surface area (Å²) in [6.07, 6.45) is 0.827. The highest BCUT2D eigenvalue weighted by atomic mass is 79.9. The lowest BCUT2D eigenvalue weighted by Crippen LogP contribution is -2.42. The van der Waals surface area contributed by atoms with Crippen molar-refractivity contribution in [2.45, 2.75) is 22.6 Å². The highest BCUT2D eigenvalue weighted by Crippen LogP contribution is 2.68. The van der Waals surface area contributed by atoms with E-state index < -0.39 is 11.9 Å². The largest absolute Gasteiger partial charge is 0.468 e. The normalized spacial score (nSPS) is 34.4. The minimum absolute atomic E-state index is 0.00168. The van der Waals surface area contributed by atoms with Gasteiger partial charge < -0.3 is 9.72 Å². The van der Waals surface area contributed by atoms with Gasteiger partial charge in [0.05, 0.1) is 24.0 Å². The summed E-state index contributed by atoms with van der Waals surface area (Å²) in [5.41, 5.74) is 1.12. The SMILES string of the molecule is COC(=O)CN1C(=O)C2C3CC(C2C1=O)C1C(c2ccc(Br)cc2)c2sc(=O)[nH]c2SC31. The molecule has 7 nitrogen and oxygen atoms in total. The number of carbonyl (C=O) groups is 3. The number of H-pyrrole nitrogens is 1. The molecule has 2 aliphatic carbocycles. The number of fused-ring (bicyclic) bond motifs is 9. The molecule has 3 fully saturated rings. The monoisotopic (exact) mass is 534 g/mol. The summed E-state index contributed by atoms with van der Waals surface area (Å²) in [4.78, 5) is 55.6. The molecule has 0 spiro atoms. The molecule has 166 valence electrons. The van der Waals surface area contributed by atoms with Gasteiger partial charge in [0.1, 0.15) is 6.54 Å². The van der Waals surface area contributed by atoms with Crippen molar-refractivity contribution < 1.29 is 19.1 Å². The molecule has 0 radical (unpaired) electrons. The number of rotatable bonds is 3. The number of thiazole rings is 1. The van der Waals surface area contributed by atoms with Crippen LogP contribution in [0.5, 0.6) is 0 Å². The molecule has 1 N–H and O–H groups in total. The number of esters is 1. The molecule has 1 aromatic heterocycles. The lowest BCUT2D eigenvalue weighted by atomic mass is 9.68. The number of methoxy groups -OCH3 is 1. The summed E-state index contributed by atoms with van der Waals surface area (Å²) in [5.74, 6) is -1.61. The molecule has 1 saturated heterocycles. The van der Waals surface area contributed by atoms with Crippen LogP contribution in [0.3, 0.4) is 0 Å². The van der Waals surface area contributed by atoms with Gasteiger partial charge in [-0.3, -0.25) is 24.1 Å².